The summed E-state index contributed by atoms with van der Waals surface area (Å²) in [6, 6.07) is 9.93. The lowest BCUT2D eigenvalue weighted by molar-refractivity contribution is 0.284. The van der Waals surface area contributed by atoms with Crippen molar-refractivity contribution in [1.29, 1.82) is 0 Å². The van der Waals surface area contributed by atoms with Crippen molar-refractivity contribution in [3.63, 3.8) is 0 Å². The maximum absolute atomic E-state index is 13.3. The van der Waals surface area contributed by atoms with Gasteiger partial charge in [-0.25, -0.2) is 4.39 Å². The lowest BCUT2D eigenvalue weighted by Gasteiger charge is -2.29. The molecule has 1 fully saturated rings. The first kappa shape index (κ1) is 18.9. The number of hydrogen-bond donors (Lipinski definition) is 0. The number of likely N-dealkylation sites (tertiary alicyclic amines) is 1. The Hall–Kier alpha value is -1.85. The zero-order valence-electron chi connectivity index (χ0n) is 14.6. The minimum Gasteiger partial charge on any atom is -0.493 e. The summed E-state index contributed by atoms with van der Waals surface area (Å²) in [6.07, 6.45) is 3.55. The van der Waals surface area contributed by atoms with Gasteiger partial charge in [0.05, 0.1) is 12.1 Å². The summed E-state index contributed by atoms with van der Waals surface area (Å²) in [4.78, 5) is 2.98. The lowest BCUT2D eigenvalue weighted by atomic mass is 10.1. The molecule has 0 spiro atoms. The summed E-state index contributed by atoms with van der Waals surface area (Å²) >= 11 is 12.1. The molecule has 0 bridgehead atoms. The molecular weight excluding hydrogens is 373 g/mol. The van der Waals surface area contributed by atoms with Gasteiger partial charge in [0.2, 0.25) is 0 Å². The van der Waals surface area contributed by atoms with Crippen molar-refractivity contribution in [2.45, 2.75) is 25.9 Å². The summed E-state index contributed by atoms with van der Waals surface area (Å²) < 4.78 is 24.6. The van der Waals surface area contributed by atoms with Crippen molar-refractivity contribution in [3.05, 3.63) is 58.4 Å². The largest absolute Gasteiger partial charge is 0.493 e. The first-order valence-corrected chi connectivity index (χ1v) is 9.41. The molecule has 1 aliphatic rings. The third-order valence-corrected chi connectivity index (χ3v) is 5.17. The molecule has 0 saturated carbocycles. The van der Waals surface area contributed by atoms with Crippen molar-refractivity contribution < 1.29 is 13.9 Å². The van der Waals surface area contributed by atoms with Crippen LogP contribution in [0, 0.1) is 5.82 Å². The SMILES string of the molecule is COc1cc(C(=S)N2CCCCC2)cc(Cl)c1OCc1cccc(F)c1. The number of thiocarbonyl (C=S) groups is 1. The molecule has 3 nitrogen and oxygen atoms in total. The van der Waals surface area contributed by atoms with E-state index in [-0.39, 0.29) is 12.4 Å². The third-order valence-electron chi connectivity index (χ3n) is 4.39. The van der Waals surface area contributed by atoms with Crippen LogP contribution in [0.1, 0.15) is 30.4 Å². The second-order valence-corrected chi connectivity index (χ2v) is 7.05. The minimum atomic E-state index is -0.300. The highest BCUT2D eigenvalue weighted by molar-refractivity contribution is 7.80. The van der Waals surface area contributed by atoms with Gasteiger partial charge in [-0.15, -0.1) is 0 Å². The summed E-state index contributed by atoms with van der Waals surface area (Å²) in [5.41, 5.74) is 1.57. The molecule has 0 radical (unpaired) electrons. The monoisotopic (exact) mass is 393 g/mol. The highest BCUT2D eigenvalue weighted by Gasteiger charge is 2.19. The number of rotatable bonds is 5. The molecule has 0 unspecified atom stereocenters. The second kappa shape index (κ2) is 8.69. The molecule has 0 amide bonds. The topological polar surface area (TPSA) is 21.7 Å². The van der Waals surface area contributed by atoms with Gasteiger partial charge in [-0.3, -0.25) is 0 Å². The Bertz CT molecular complexity index is 793. The smallest absolute Gasteiger partial charge is 0.180 e. The molecule has 0 aliphatic carbocycles. The summed E-state index contributed by atoms with van der Waals surface area (Å²) in [5.74, 6) is 0.651. The molecule has 26 heavy (non-hydrogen) atoms. The normalized spacial score (nSPS) is 14.2. The number of methoxy groups -OCH3 is 1. The Balaban J connectivity index is 1.79. The maximum Gasteiger partial charge on any atom is 0.180 e. The predicted molar refractivity (Wildman–Crippen MR) is 106 cm³/mol. The predicted octanol–water partition coefficient (Wildman–Crippen LogP) is 5.23. The summed E-state index contributed by atoms with van der Waals surface area (Å²) in [6.45, 7) is 2.14. The molecule has 1 aliphatic heterocycles. The number of benzene rings is 2. The molecule has 3 rings (SSSR count). The van der Waals surface area contributed by atoms with Gasteiger partial charge < -0.3 is 14.4 Å². The van der Waals surface area contributed by atoms with Gasteiger partial charge in [-0.2, -0.15) is 0 Å². The zero-order valence-corrected chi connectivity index (χ0v) is 16.2. The van der Waals surface area contributed by atoms with Gasteiger partial charge in [0.1, 0.15) is 17.4 Å². The van der Waals surface area contributed by atoms with E-state index in [1.807, 2.05) is 12.1 Å². The van der Waals surface area contributed by atoms with E-state index >= 15 is 0 Å². The number of nitrogens with zero attached hydrogens (tertiary/aromatic N) is 1. The zero-order chi connectivity index (χ0) is 18.5. The van der Waals surface area contributed by atoms with E-state index < -0.39 is 0 Å². The van der Waals surface area contributed by atoms with Crippen molar-refractivity contribution in [2.75, 3.05) is 20.2 Å². The summed E-state index contributed by atoms with van der Waals surface area (Å²) in [5, 5.41) is 0.426. The highest BCUT2D eigenvalue weighted by atomic mass is 35.5. The minimum absolute atomic E-state index is 0.198. The van der Waals surface area contributed by atoms with E-state index in [0.29, 0.717) is 16.5 Å². The van der Waals surface area contributed by atoms with Gasteiger partial charge in [0.15, 0.2) is 11.5 Å². The summed E-state index contributed by atoms with van der Waals surface area (Å²) in [7, 11) is 1.56. The molecule has 0 atom stereocenters. The van der Waals surface area contributed by atoms with Gasteiger partial charge in [-0.1, -0.05) is 36.0 Å². The van der Waals surface area contributed by atoms with Gasteiger partial charge in [0.25, 0.3) is 0 Å². The van der Waals surface area contributed by atoms with E-state index in [4.69, 9.17) is 33.3 Å². The van der Waals surface area contributed by atoms with Crippen LogP contribution in [0.5, 0.6) is 11.5 Å². The number of hydrogen-bond acceptors (Lipinski definition) is 3. The molecule has 1 heterocycles. The molecule has 2 aromatic carbocycles. The van der Waals surface area contributed by atoms with Crippen molar-refractivity contribution >= 4 is 28.8 Å². The Morgan fingerprint density at radius 1 is 1.19 bits per heavy atom. The Morgan fingerprint density at radius 2 is 1.96 bits per heavy atom. The van der Waals surface area contributed by atoms with Gasteiger partial charge >= 0.3 is 0 Å². The van der Waals surface area contributed by atoms with Crippen LogP contribution < -0.4 is 9.47 Å². The van der Waals surface area contributed by atoms with Gasteiger partial charge in [-0.05, 0) is 49.1 Å². The molecule has 1 saturated heterocycles. The highest BCUT2D eigenvalue weighted by Crippen LogP contribution is 2.37. The number of ether oxygens (including phenoxy) is 2. The first-order valence-electron chi connectivity index (χ1n) is 8.62. The molecule has 0 aromatic heterocycles. The number of halogens is 2. The molecule has 0 N–H and O–H groups in total. The van der Waals surface area contributed by atoms with Crippen LogP contribution in [0.25, 0.3) is 0 Å². The average molecular weight is 394 g/mol. The Labute approximate surface area is 163 Å². The van der Waals surface area contributed by atoms with E-state index in [0.717, 1.165) is 42.0 Å². The number of piperidine rings is 1. The van der Waals surface area contributed by atoms with Gasteiger partial charge in [0, 0.05) is 18.7 Å². The fraction of sp³-hybridized carbons (Fsp3) is 0.350. The molecule has 2 aromatic rings. The van der Waals surface area contributed by atoms with Crippen LogP contribution in [0.2, 0.25) is 5.02 Å². The quantitative estimate of drug-likeness (QED) is 0.648. The standard InChI is InChI=1S/C20H21ClFNO2S/c1-24-18-12-15(20(26)23-8-3-2-4-9-23)11-17(21)19(18)25-13-14-6-5-7-16(22)10-14/h5-7,10-12H,2-4,8-9,13H2,1H3. The van der Waals surface area contributed by atoms with Crippen molar-refractivity contribution in [1.82, 2.24) is 4.90 Å². The third kappa shape index (κ3) is 4.46. The van der Waals surface area contributed by atoms with Crippen LogP contribution >= 0.6 is 23.8 Å². The fourth-order valence-electron chi connectivity index (χ4n) is 3.05. The van der Waals surface area contributed by atoms with Crippen molar-refractivity contribution in [2.24, 2.45) is 0 Å². The molecule has 6 heteroatoms. The van der Waals surface area contributed by atoms with Crippen LogP contribution in [0.3, 0.4) is 0 Å². The Morgan fingerprint density at radius 3 is 2.65 bits per heavy atom. The fourth-order valence-corrected chi connectivity index (χ4v) is 3.61. The van der Waals surface area contributed by atoms with Crippen LogP contribution in [-0.2, 0) is 6.61 Å². The van der Waals surface area contributed by atoms with Crippen molar-refractivity contribution in [3.8, 4) is 11.5 Å². The molecular formula is C20H21ClFNO2S. The molecule has 138 valence electrons. The van der Waals surface area contributed by atoms with E-state index in [1.54, 1.807) is 19.2 Å². The van der Waals surface area contributed by atoms with Crippen LogP contribution in [-0.4, -0.2) is 30.1 Å². The van der Waals surface area contributed by atoms with E-state index in [9.17, 15) is 4.39 Å². The van der Waals surface area contributed by atoms with Crippen LogP contribution in [0.15, 0.2) is 36.4 Å². The van der Waals surface area contributed by atoms with E-state index in [2.05, 4.69) is 4.90 Å². The van der Waals surface area contributed by atoms with E-state index in [1.165, 1.54) is 18.6 Å². The lowest BCUT2D eigenvalue weighted by Crippen LogP contribution is -2.34. The average Bonchev–Trinajstić information content (AvgIpc) is 2.66. The Kier molecular flexibility index (Phi) is 6.33. The van der Waals surface area contributed by atoms with Crippen LogP contribution in [0.4, 0.5) is 4.39 Å². The first-order chi connectivity index (χ1) is 12.6. The maximum atomic E-state index is 13.3. The second-order valence-electron chi connectivity index (χ2n) is 6.26.